The van der Waals surface area contributed by atoms with Gasteiger partial charge in [-0.1, -0.05) is 23.0 Å². The molecule has 0 spiro atoms. The minimum absolute atomic E-state index is 0.290. The summed E-state index contributed by atoms with van der Waals surface area (Å²) in [6, 6.07) is 0.811. The molecule has 2 aliphatic heterocycles. The number of hydrogen-bond donors (Lipinski definition) is 0. The molecule has 1 aromatic heterocycles. The fourth-order valence-electron chi connectivity index (χ4n) is 3.67. The third-order valence-electron chi connectivity index (χ3n) is 4.64. The van der Waals surface area contributed by atoms with Gasteiger partial charge in [0.1, 0.15) is 10.0 Å². The highest BCUT2D eigenvalue weighted by Gasteiger charge is 2.39. The summed E-state index contributed by atoms with van der Waals surface area (Å²) < 4.78 is 4.60. The van der Waals surface area contributed by atoms with Crippen LogP contribution in [0.2, 0.25) is 4.34 Å². The summed E-state index contributed by atoms with van der Waals surface area (Å²) in [7, 11) is 0. The molecule has 116 valence electrons. The molecule has 7 heteroatoms. The normalized spacial score (nSPS) is 26.7. The lowest BCUT2D eigenvalue weighted by molar-refractivity contribution is -0.132. The summed E-state index contributed by atoms with van der Waals surface area (Å²) >= 11 is 7.37. The second kappa shape index (κ2) is 6.58. The molecule has 3 heterocycles. The molecular formula is C14H21ClN4OS. The third-order valence-corrected chi connectivity index (χ3v) is 5.63. The zero-order chi connectivity index (χ0) is 14.8. The van der Waals surface area contributed by atoms with Crippen LogP contribution in [-0.4, -0.2) is 50.5 Å². The minimum atomic E-state index is 0.290. The maximum atomic E-state index is 12.1. The number of aromatic nitrogens is 2. The molecular weight excluding hydrogens is 308 g/mol. The molecule has 0 aromatic carbocycles. The highest BCUT2D eigenvalue weighted by Crippen LogP contribution is 2.32. The van der Waals surface area contributed by atoms with Crippen LogP contribution in [0.15, 0.2) is 0 Å². The topological polar surface area (TPSA) is 49.3 Å². The summed E-state index contributed by atoms with van der Waals surface area (Å²) in [6.07, 6.45) is 5.19. The predicted octanol–water partition coefficient (Wildman–Crippen LogP) is 2.56. The first-order chi connectivity index (χ1) is 10.2. The van der Waals surface area contributed by atoms with Gasteiger partial charge in [0.15, 0.2) is 0 Å². The van der Waals surface area contributed by atoms with Crippen molar-refractivity contribution in [2.45, 2.75) is 57.7 Å². The van der Waals surface area contributed by atoms with Crippen molar-refractivity contribution in [1.29, 1.82) is 0 Å². The van der Waals surface area contributed by atoms with E-state index >= 15 is 0 Å². The number of nitrogens with zero attached hydrogens (tertiary/aromatic N) is 4. The highest BCUT2D eigenvalue weighted by molar-refractivity contribution is 7.10. The van der Waals surface area contributed by atoms with E-state index in [0.29, 0.717) is 22.8 Å². The SMILES string of the molecule is CCC(=O)N1CCC[C@H]1[C@H]1CCCN1Cc1nnsc1Cl. The van der Waals surface area contributed by atoms with Gasteiger partial charge in [0, 0.05) is 43.1 Å². The average molecular weight is 329 g/mol. The molecule has 2 fully saturated rings. The quantitative estimate of drug-likeness (QED) is 0.852. The molecule has 3 rings (SSSR count). The molecule has 2 atom stereocenters. The Morgan fingerprint density at radius 2 is 2.10 bits per heavy atom. The van der Waals surface area contributed by atoms with Crippen molar-refractivity contribution < 1.29 is 4.79 Å². The summed E-state index contributed by atoms with van der Waals surface area (Å²) in [5.41, 5.74) is 0.875. The molecule has 0 radical (unpaired) electrons. The monoisotopic (exact) mass is 328 g/mol. The molecule has 0 unspecified atom stereocenters. The van der Waals surface area contributed by atoms with E-state index in [1.165, 1.54) is 18.0 Å². The Morgan fingerprint density at radius 1 is 1.33 bits per heavy atom. The third kappa shape index (κ3) is 3.07. The molecule has 21 heavy (non-hydrogen) atoms. The van der Waals surface area contributed by atoms with Crippen LogP contribution in [0.4, 0.5) is 0 Å². The Bertz CT molecular complexity index is 509. The van der Waals surface area contributed by atoms with Crippen LogP contribution in [0.1, 0.15) is 44.7 Å². The van der Waals surface area contributed by atoms with Crippen molar-refractivity contribution >= 4 is 29.0 Å². The fourth-order valence-corrected chi connectivity index (χ4v) is 4.28. The van der Waals surface area contributed by atoms with E-state index in [2.05, 4.69) is 19.4 Å². The molecule has 1 aromatic rings. The lowest BCUT2D eigenvalue weighted by Crippen LogP contribution is -2.47. The van der Waals surface area contributed by atoms with Crippen molar-refractivity contribution in [3.05, 3.63) is 10.0 Å². The van der Waals surface area contributed by atoms with Crippen LogP contribution in [0, 0.1) is 0 Å². The average Bonchev–Trinajstić information content (AvgIpc) is 3.20. The van der Waals surface area contributed by atoms with E-state index in [1.54, 1.807) is 0 Å². The van der Waals surface area contributed by atoms with Gasteiger partial charge in [0.25, 0.3) is 0 Å². The van der Waals surface area contributed by atoms with E-state index in [1.807, 2.05) is 6.92 Å². The van der Waals surface area contributed by atoms with Crippen molar-refractivity contribution in [2.24, 2.45) is 0 Å². The predicted molar refractivity (Wildman–Crippen MR) is 83.4 cm³/mol. The fraction of sp³-hybridized carbons (Fsp3) is 0.786. The van der Waals surface area contributed by atoms with Crippen molar-refractivity contribution in [3.63, 3.8) is 0 Å². The van der Waals surface area contributed by atoms with Crippen molar-refractivity contribution in [1.82, 2.24) is 19.4 Å². The summed E-state index contributed by atoms with van der Waals surface area (Å²) in [5.74, 6) is 0.290. The van der Waals surface area contributed by atoms with Crippen LogP contribution < -0.4 is 0 Å². The summed E-state index contributed by atoms with van der Waals surface area (Å²) in [6.45, 7) is 4.68. The lowest BCUT2D eigenvalue weighted by atomic mass is 10.0. The first-order valence-corrected chi connectivity index (χ1v) is 8.86. The number of carbonyl (C=O) groups is 1. The largest absolute Gasteiger partial charge is 0.338 e. The number of likely N-dealkylation sites (tertiary alicyclic amines) is 2. The Balaban J connectivity index is 1.71. The maximum Gasteiger partial charge on any atom is 0.222 e. The molecule has 0 aliphatic carbocycles. The molecule has 0 saturated carbocycles. The van der Waals surface area contributed by atoms with Crippen molar-refractivity contribution in [2.75, 3.05) is 13.1 Å². The molecule has 0 bridgehead atoms. The second-order valence-corrected chi connectivity index (χ2v) is 7.18. The van der Waals surface area contributed by atoms with Gasteiger partial charge >= 0.3 is 0 Å². The van der Waals surface area contributed by atoms with Gasteiger partial charge < -0.3 is 4.90 Å². The highest BCUT2D eigenvalue weighted by atomic mass is 35.5. The van der Waals surface area contributed by atoms with E-state index in [9.17, 15) is 4.79 Å². The van der Waals surface area contributed by atoms with Crippen LogP contribution in [0.5, 0.6) is 0 Å². The second-order valence-electron chi connectivity index (χ2n) is 5.82. The van der Waals surface area contributed by atoms with Gasteiger partial charge in [-0.05, 0) is 32.2 Å². The Morgan fingerprint density at radius 3 is 2.81 bits per heavy atom. The van der Waals surface area contributed by atoms with Gasteiger partial charge in [-0.3, -0.25) is 9.69 Å². The number of halogens is 1. The van der Waals surface area contributed by atoms with E-state index in [-0.39, 0.29) is 5.91 Å². The summed E-state index contributed by atoms with van der Waals surface area (Å²) in [4.78, 5) is 16.7. The Labute approximate surface area is 134 Å². The Kier molecular flexibility index (Phi) is 4.76. The van der Waals surface area contributed by atoms with Crippen LogP contribution in [-0.2, 0) is 11.3 Å². The van der Waals surface area contributed by atoms with Crippen LogP contribution in [0.25, 0.3) is 0 Å². The van der Waals surface area contributed by atoms with Crippen LogP contribution in [0.3, 0.4) is 0 Å². The molecule has 2 saturated heterocycles. The molecule has 5 nitrogen and oxygen atoms in total. The standard InChI is InChI=1S/C14H21ClN4OS/c1-2-13(20)19-8-4-6-12(19)11-5-3-7-18(11)9-10-14(15)21-17-16-10/h11-12H,2-9H2,1H3/t11-,12+/m1/s1. The first-order valence-electron chi connectivity index (χ1n) is 7.71. The smallest absolute Gasteiger partial charge is 0.222 e. The van der Waals surface area contributed by atoms with Gasteiger partial charge in [-0.25, -0.2) is 0 Å². The van der Waals surface area contributed by atoms with Gasteiger partial charge in [-0.15, -0.1) is 5.10 Å². The molecule has 2 aliphatic rings. The van der Waals surface area contributed by atoms with Gasteiger partial charge in [0.2, 0.25) is 5.91 Å². The zero-order valence-electron chi connectivity index (χ0n) is 12.3. The van der Waals surface area contributed by atoms with Gasteiger partial charge in [-0.2, -0.15) is 0 Å². The Hall–Kier alpha value is -0.720. The number of rotatable bonds is 4. The summed E-state index contributed by atoms with van der Waals surface area (Å²) in [5, 5.41) is 4.12. The van der Waals surface area contributed by atoms with Crippen molar-refractivity contribution in [3.8, 4) is 0 Å². The lowest BCUT2D eigenvalue weighted by Gasteiger charge is -2.34. The number of hydrogen-bond acceptors (Lipinski definition) is 5. The number of amides is 1. The molecule has 0 N–H and O–H groups in total. The zero-order valence-corrected chi connectivity index (χ0v) is 13.9. The first kappa shape index (κ1) is 15.2. The van der Waals surface area contributed by atoms with Gasteiger partial charge in [0.05, 0.1) is 0 Å². The minimum Gasteiger partial charge on any atom is -0.338 e. The number of carbonyl (C=O) groups excluding carboxylic acids is 1. The maximum absolute atomic E-state index is 12.1. The van der Waals surface area contributed by atoms with E-state index in [0.717, 1.165) is 44.6 Å². The molecule has 1 amide bonds. The van der Waals surface area contributed by atoms with Crippen LogP contribution >= 0.6 is 23.1 Å². The van der Waals surface area contributed by atoms with E-state index < -0.39 is 0 Å². The van der Waals surface area contributed by atoms with E-state index in [4.69, 9.17) is 11.6 Å².